The maximum Gasteiger partial charge on any atom is 0.266 e. The topological polar surface area (TPSA) is 20.3 Å². The number of nitrogens with zero attached hydrogens (tertiary/aromatic N) is 1. The van der Waals surface area contributed by atoms with Crippen molar-refractivity contribution >= 4 is 38.7 Å². The number of fused-ring (bicyclic) bond motifs is 1. The van der Waals surface area contributed by atoms with Crippen molar-refractivity contribution < 1.29 is 9.18 Å². The van der Waals surface area contributed by atoms with Gasteiger partial charge in [-0.25, -0.2) is 4.39 Å². The Hall–Kier alpha value is -0.940. The summed E-state index contributed by atoms with van der Waals surface area (Å²) < 4.78 is 15.4. The fourth-order valence-corrected chi connectivity index (χ4v) is 4.87. The molecule has 2 rings (SSSR count). The molecule has 0 bridgehead atoms. The minimum Gasteiger partial charge on any atom is -0.338 e. The molecule has 0 spiro atoms. The number of carbonyl (C=O) groups is 1. The fourth-order valence-electron chi connectivity index (χ4n) is 2.86. The Morgan fingerprint density at radius 1 is 1.00 bits per heavy atom. The van der Waals surface area contributed by atoms with Crippen molar-refractivity contribution in [3.05, 3.63) is 21.5 Å². The monoisotopic (exact) mass is 369 g/mol. The van der Waals surface area contributed by atoms with Crippen LogP contribution in [-0.4, -0.2) is 23.9 Å². The molecule has 2 heterocycles. The Morgan fingerprint density at radius 2 is 1.62 bits per heavy atom. The van der Waals surface area contributed by atoms with Crippen molar-refractivity contribution in [1.29, 1.82) is 0 Å². The SMILES string of the molecule is CCCCCCN(CCCCCC)C(=O)c1sc2cscc2c1F. The Balaban J connectivity index is 2.03. The van der Waals surface area contributed by atoms with E-state index in [9.17, 15) is 9.18 Å². The third kappa shape index (κ3) is 5.03. The first-order valence-electron chi connectivity index (χ1n) is 9.12. The number of halogens is 1. The number of amides is 1. The highest BCUT2D eigenvalue weighted by molar-refractivity contribution is 7.24. The molecule has 5 heteroatoms. The van der Waals surface area contributed by atoms with Gasteiger partial charge in [0.1, 0.15) is 4.88 Å². The zero-order valence-electron chi connectivity index (χ0n) is 14.8. The van der Waals surface area contributed by atoms with Gasteiger partial charge in [-0.05, 0) is 12.8 Å². The highest BCUT2D eigenvalue weighted by atomic mass is 32.1. The Bertz CT molecular complexity index is 622. The Labute approximate surface area is 152 Å². The van der Waals surface area contributed by atoms with Gasteiger partial charge in [0.15, 0.2) is 5.82 Å². The average Bonchev–Trinajstić information content (AvgIpc) is 3.16. The molecule has 2 aromatic heterocycles. The first kappa shape index (κ1) is 19.4. The lowest BCUT2D eigenvalue weighted by atomic mass is 10.1. The van der Waals surface area contributed by atoms with Crippen LogP contribution in [0.5, 0.6) is 0 Å². The van der Waals surface area contributed by atoms with Crippen LogP contribution < -0.4 is 0 Å². The summed E-state index contributed by atoms with van der Waals surface area (Å²) in [6.07, 6.45) is 9.04. The van der Waals surface area contributed by atoms with E-state index in [0.29, 0.717) is 10.3 Å². The normalized spacial score (nSPS) is 11.3. The van der Waals surface area contributed by atoms with E-state index in [4.69, 9.17) is 0 Å². The molecule has 0 aliphatic carbocycles. The van der Waals surface area contributed by atoms with E-state index in [1.54, 1.807) is 5.38 Å². The van der Waals surface area contributed by atoms with Crippen LogP contribution in [-0.2, 0) is 0 Å². The van der Waals surface area contributed by atoms with Crippen LogP contribution in [0, 0.1) is 5.82 Å². The standard InChI is InChI=1S/C19H28FNOS2/c1-3-5-7-9-11-21(12-10-8-6-4-2)19(22)18-17(20)15-13-23-14-16(15)24-18/h13-14H,3-12H2,1-2H3. The lowest BCUT2D eigenvalue weighted by molar-refractivity contribution is 0.0750. The zero-order chi connectivity index (χ0) is 17.4. The second-order valence-corrected chi connectivity index (χ2v) is 8.10. The molecule has 0 aliphatic heterocycles. The molecule has 2 aromatic rings. The lowest BCUT2D eigenvalue weighted by Crippen LogP contribution is -2.33. The predicted octanol–water partition coefficient (Wildman–Crippen LogP) is 6.70. The van der Waals surface area contributed by atoms with Crippen LogP contribution in [0.3, 0.4) is 0 Å². The van der Waals surface area contributed by atoms with Crippen molar-refractivity contribution in [2.75, 3.05) is 13.1 Å². The molecule has 0 aromatic carbocycles. The molecule has 0 atom stereocenters. The van der Waals surface area contributed by atoms with Crippen LogP contribution in [0.4, 0.5) is 4.39 Å². The number of carbonyl (C=O) groups excluding carboxylic acids is 1. The number of unbranched alkanes of at least 4 members (excludes halogenated alkanes) is 6. The summed E-state index contributed by atoms with van der Waals surface area (Å²) in [5, 5.41) is 4.32. The van der Waals surface area contributed by atoms with Crippen LogP contribution in [0.25, 0.3) is 10.1 Å². The average molecular weight is 370 g/mol. The van der Waals surface area contributed by atoms with Gasteiger partial charge in [0, 0.05) is 33.9 Å². The van der Waals surface area contributed by atoms with Crippen molar-refractivity contribution in [3.8, 4) is 0 Å². The largest absolute Gasteiger partial charge is 0.338 e. The molecule has 0 unspecified atom stereocenters. The number of hydrogen-bond acceptors (Lipinski definition) is 3. The molecule has 134 valence electrons. The van der Waals surface area contributed by atoms with Crippen molar-refractivity contribution in [2.24, 2.45) is 0 Å². The van der Waals surface area contributed by atoms with Gasteiger partial charge < -0.3 is 4.90 Å². The summed E-state index contributed by atoms with van der Waals surface area (Å²) in [5.41, 5.74) is 0. The number of thiophene rings is 2. The summed E-state index contributed by atoms with van der Waals surface area (Å²) in [5.74, 6) is -0.444. The number of rotatable bonds is 11. The molecule has 0 saturated carbocycles. The maximum atomic E-state index is 14.5. The van der Waals surface area contributed by atoms with Gasteiger partial charge in [-0.2, -0.15) is 11.3 Å². The van der Waals surface area contributed by atoms with E-state index < -0.39 is 0 Å². The molecular formula is C19H28FNOS2. The second kappa shape index (κ2) is 10.1. The maximum absolute atomic E-state index is 14.5. The first-order valence-corrected chi connectivity index (χ1v) is 10.9. The van der Waals surface area contributed by atoms with E-state index in [-0.39, 0.29) is 11.7 Å². The summed E-state index contributed by atoms with van der Waals surface area (Å²) in [7, 11) is 0. The van der Waals surface area contributed by atoms with E-state index in [1.807, 2.05) is 10.3 Å². The fraction of sp³-hybridized carbons (Fsp3) is 0.632. The minimum atomic E-state index is -0.326. The third-order valence-electron chi connectivity index (χ3n) is 4.32. The van der Waals surface area contributed by atoms with Crippen LogP contribution in [0.2, 0.25) is 0 Å². The molecule has 0 radical (unpaired) electrons. The van der Waals surface area contributed by atoms with E-state index in [2.05, 4.69) is 13.8 Å². The van der Waals surface area contributed by atoms with Crippen LogP contribution in [0.15, 0.2) is 10.8 Å². The van der Waals surface area contributed by atoms with Gasteiger partial charge in [0.05, 0.1) is 0 Å². The summed E-state index contributed by atoms with van der Waals surface area (Å²) >= 11 is 2.79. The molecule has 24 heavy (non-hydrogen) atoms. The van der Waals surface area contributed by atoms with Gasteiger partial charge in [0.2, 0.25) is 0 Å². The van der Waals surface area contributed by atoms with Crippen LogP contribution >= 0.6 is 22.7 Å². The second-order valence-electron chi connectivity index (χ2n) is 6.31. The molecule has 1 amide bonds. The molecule has 2 nitrogen and oxygen atoms in total. The smallest absolute Gasteiger partial charge is 0.266 e. The van der Waals surface area contributed by atoms with Gasteiger partial charge in [-0.3, -0.25) is 4.79 Å². The summed E-state index contributed by atoms with van der Waals surface area (Å²) in [4.78, 5) is 15.0. The molecular weight excluding hydrogens is 341 g/mol. The van der Waals surface area contributed by atoms with Crippen molar-refractivity contribution in [2.45, 2.75) is 65.2 Å². The minimum absolute atomic E-state index is 0.119. The molecule has 0 N–H and O–H groups in total. The van der Waals surface area contributed by atoms with Gasteiger partial charge in [-0.1, -0.05) is 52.4 Å². The highest BCUT2D eigenvalue weighted by Gasteiger charge is 2.23. The third-order valence-corrected chi connectivity index (χ3v) is 6.33. The Kier molecular flexibility index (Phi) is 8.19. The summed E-state index contributed by atoms with van der Waals surface area (Å²) in [6, 6.07) is 0. The van der Waals surface area contributed by atoms with Gasteiger partial charge in [0.25, 0.3) is 5.91 Å². The Morgan fingerprint density at radius 3 is 2.17 bits per heavy atom. The van der Waals surface area contributed by atoms with Crippen molar-refractivity contribution in [3.63, 3.8) is 0 Å². The highest BCUT2D eigenvalue weighted by Crippen LogP contribution is 2.33. The van der Waals surface area contributed by atoms with E-state index >= 15 is 0 Å². The zero-order valence-corrected chi connectivity index (χ0v) is 16.4. The number of hydrogen-bond donors (Lipinski definition) is 0. The lowest BCUT2D eigenvalue weighted by Gasteiger charge is -2.22. The van der Waals surface area contributed by atoms with Gasteiger partial charge in [-0.15, -0.1) is 11.3 Å². The molecule has 0 fully saturated rings. The predicted molar refractivity (Wildman–Crippen MR) is 104 cm³/mol. The van der Waals surface area contributed by atoms with Gasteiger partial charge >= 0.3 is 0 Å². The van der Waals surface area contributed by atoms with Crippen molar-refractivity contribution in [1.82, 2.24) is 4.90 Å². The first-order chi connectivity index (χ1) is 11.7. The van der Waals surface area contributed by atoms with Crippen LogP contribution in [0.1, 0.15) is 74.9 Å². The molecule has 0 saturated heterocycles. The quantitative estimate of drug-likeness (QED) is 0.403. The summed E-state index contributed by atoms with van der Waals surface area (Å²) in [6.45, 7) is 5.85. The van der Waals surface area contributed by atoms with E-state index in [0.717, 1.165) is 43.5 Å². The van der Waals surface area contributed by atoms with E-state index in [1.165, 1.54) is 48.4 Å². The molecule has 0 aliphatic rings.